The van der Waals surface area contributed by atoms with E-state index in [-0.39, 0.29) is 0 Å². The van der Waals surface area contributed by atoms with Gasteiger partial charge in [0.15, 0.2) is 0 Å². The standard InChI is InChI=1S/C17H20O/c1-3-5-13-7-8-17-15(6-4-2)10-14(12-18)11-16(17)9-13/h7-12H,3-6H2,1-2H3. The molecule has 2 aromatic carbocycles. The molecule has 0 saturated carbocycles. The topological polar surface area (TPSA) is 17.1 Å². The Balaban J connectivity index is 2.58. The summed E-state index contributed by atoms with van der Waals surface area (Å²) in [6.45, 7) is 4.36. The van der Waals surface area contributed by atoms with Crippen molar-refractivity contribution in [1.29, 1.82) is 0 Å². The van der Waals surface area contributed by atoms with E-state index in [1.165, 1.54) is 21.9 Å². The van der Waals surface area contributed by atoms with Crippen LogP contribution in [0.15, 0.2) is 30.3 Å². The fraction of sp³-hybridized carbons (Fsp3) is 0.353. The van der Waals surface area contributed by atoms with Crippen LogP contribution >= 0.6 is 0 Å². The third-order valence-electron chi connectivity index (χ3n) is 3.32. The van der Waals surface area contributed by atoms with Crippen LogP contribution in [-0.4, -0.2) is 6.29 Å². The monoisotopic (exact) mass is 240 g/mol. The zero-order valence-corrected chi connectivity index (χ0v) is 11.2. The minimum atomic E-state index is 0.791. The van der Waals surface area contributed by atoms with Gasteiger partial charge in [0.2, 0.25) is 0 Å². The Morgan fingerprint density at radius 2 is 1.78 bits per heavy atom. The van der Waals surface area contributed by atoms with Crippen LogP contribution in [0.2, 0.25) is 0 Å². The van der Waals surface area contributed by atoms with Crippen molar-refractivity contribution in [3.63, 3.8) is 0 Å². The molecule has 0 radical (unpaired) electrons. The van der Waals surface area contributed by atoms with E-state index < -0.39 is 0 Å². The van der Waals surface area contributed by atoms with Gasteiger partial charge in [-0.3, -0.25) is 4.79 Å². The molecule has 0 aromatic heterocycles. The lowest BCUT2D eigenvalue weighted by Crippen LogP contribution is -1.92. The van der Waals surface area contributed by atoms with Crippen LogP contribution in [0.4, 0.5) is 0 Å². The Morgan fingerprint density at radius 1 is 1.00 bits per heavy atom. The normalized spacial score (nSPS) is 10.8. The van der Waals surface area contributed by atoms with Crippen LogP contribution < -0.4 is 0 Å². The van der Waals surface area contributed by atoms with Gasteiger partial charge in [0.05, 0.1) is 0 Å². The Morgan fingerprint density at radius 3 is 2.44 bits per heavy atom. The average molecular weight is 240 g/mol. The highest BCUT2D eigenvalue weighted by molar-refractivity contribution is 5.92. The SMILES string of the molecule is CCCc1ccc2c(CCC)cc(C=O)cc2c1. The first-order valence-corrected chi connectivity index (χ1v) is 6.79. The molecule has 0 bridgehead atoms. The molecule has 18 heavy (non-hydrogen) atoms. The predicted octanol–water partition coefficient (Wildman–Crippen LogP) is 4.56. The highest BCUT2D eigenvalue weighted by atomic mass is 16.1. The van der Waals surface area contributed by atoms with E-state index in [0.717, 1.165) is 37.5 Å². The molecule has 0 spiro atoms. The van der Waals surface area contributed by atoms with E-state index in [1.54, 1.807) is 0 Å². The molecule has 0 fully saturated rings. The van der Waals surface area contributed by atoms with E-state index >= 15 is 0 Å². The average Bonchev–Trinajstić information content (AvgIpc) is 2.39. The molecule has 0 amide bonds. The molecular formula is C17H20O. The summed E-state index contributed by atoms with van der Waals surface area (Å²) in [5.74, 6) is 0. The molecule has 0 saturated heterocycles. The van der Waals surface area contributed by atoms with Gasteiger partial charge in [0.25, 0.3) is 0 Å². The van der Waals surface area contributed by atoms with Crippen LogP contribution in [0.5, 0.6) is 0 Å². The third-order valence-corrected chi connectivity index (χ3v) is 3.32. The lowest BCUT2D eigenvalue weighted by molar-refractivity contribution is 0.112. The summed E-state index contributed by atoms with van der Waals surface area (Å²) < 4.78 is 0. The van der Waals surface area contributed by atoms with Crippen LogP contribution in [-0.2, 0) is 12.8 Å². The van der Waals surface area contributed by atoms with E-state index in [4.69, 9.17) is 0 Å². The Kier molecular flexibility index (Phi) is 4.14. The third kappa shape index (κ3) is 2.61. The van der Waals surface area contributed by atoms with Gasteiger partial charge >= 0.3 is 0 Å². The number of carbonyl (C=O) groups excluding carboxylic acids is 1. The zero-order chi connectivity index (χ0) is 13.0. The molecule has 1 nitrogen and oxygen atoms in total. The number of benzene rings is 2. The first kappa shape index (κ1) is 12.8. The zero-order valence-electron chi connectivity index (χ0n) is 11.2. The molecular weight excluding hydrogens is 220 g/mol. The fourth-order valence-electron chi connectivity index (χ4n) is 2.51. The van der Waals surface area contributed by atoms with Crippen LogP contribution in [0.25, 0.3) is 10.8 Å². The highest BCUT2D eigenvalue weighted by Gasteiger charge is 2.04. The van der Waals surface area contributed by atoms with Gasteiger partial charge in [0, 0.05) is 5.56 Å². The first-order valence-electron chi connectivity index (χ1n) is 6.79. The second-order valence-corrected chi connectivity index (χ2v) is 4.85. The molecule has 0 unspecified atom stereocenters. The maximum Gasteiger partial charge on any atom is 0.150 e. The summed E-state index contributed by atoms with van der Waals surface area (Å²) in [7, 11) is 0. The summed E-state index contributed by atoms with van der Waals surface area (Å²) in [5, 5.41) is 2.50. The van der Waals surface area contributed by atoms with Crippen LogP contribution in [0.1, 0.15) is 48.2 Å². The number of aldehydes is 1. The maximum atomic E-state index is 11.0. The number of hydrogen-bond donors (Lipinski definition) is 0. The van der Waals surface area contributed by atoms with Crippen molar-refractivity contribution < 1.29 is 4.79 Å². The van der Waals surface area contributed by atoms with Crippen molar-refractivity contribution in [3.8, 4) is 0 Å². The quantitative estimate of drug-likeness (QED) is 0.700. The largest absolute Gasteiger partial charge is 0.298 e. The molecule has 94 valence electrons. The highest BCUT2D eigenvalue weighted by Crippen LogP contribution is 2.24. The van der Waals surface area contributed by atoms with Crippen LogP contribution in [0, 0.1) is 0 Å². The van der Waals surface area contributed by atoms with Gasteiger partial charge in [-0.05, 0) is 46.9 Å². The van der Waals surface area contributed by atoms with Crippen molar-refractivity contribution in [2.24, 2.45) is 0 Å². The molecule has 1 heteroatoms. The van der Waals surface area contributed by atoms with Crippen molar-refractivity contribution in [1.82, 2.24) is 0 Å². The van der Waals surface area contributed by atoms with Crippen molar-refractivity contribution in [3.05, 3.63) is 47.0 Å². The number of fused-ring (bicyclic) bond motifs is 1. The Labute approximate surface area is 109 Å². The Bertz CT molecular complexity index is 555. The van der Waals surface area contributed by atoms with Crippen molar-refractivity contribution >= 4 is 17.1 Å². The lowest BCUT2D eigenvalue weighted by Gasteiger charge is -2.09. The van der Waals surface area contributed by atoms with E-state index in [9.17, 15) is 4.79 Å². The molecule has 0 aliphatic heterocycles. The minimum absolute atomic E-state index is 0.791. The van der Waals surface area contributed by atoms with Gasteiger partial charge in [-0.2, -0.15) is 0 Å². The molecule has 0 aliphatic rings. The Hall–Kier alpha value is -1.63. The van der Waals surface area contributed by atoms with Gasteiger partial charge in [-0.15, -0.1) is 0 Å². The number of rotatable bonds is 5. The fourth-order valence-corrected chi connectivity index (χ4v) is 2.51. The summed E-state index contributed by atoms with van der Waals surface area (Å²) >= 11 is 0. The molecule has 2 aromatic rings. The summed E-state index contributed by atoms with van der Waals surface area (Å²) in [6.07, 6.45) is 5.34. The lowest BCUT2D eigenvalue weighted by atomic mass is 9.96. The molecule has 2 rings (SSSR count). The van der Waals surface area contributed by atoms with Gasteiger partial charge < -0.3 is 0 Å². The van der Waals surface area contributed by atoms with E-state index in [1.807, 2.05) is 12.1 Å². The number of carbonyl (C=O) groups is 1. The van der Waals surface area contributed by atoms with E-state index in [2.05, 4.69) is 32.0 Å². The second-order valence-electron chi connectivity index (χ2n) is 4.85. The predicted molar refractivity (Wildman–Crippen MR) is 77.3 cm³/mol. The number of aryl methyl sites for hydroxylation is 2. The summed E-state index contributed by atoms with van der Waals surface area (Å²) in [6, 6.07) is 10.7. The molecule has 0 aliphatic carbocycles. The smallest absolute Gasteiger partial charge is 0.150 e. The number of hydrogen-bond acceptors (Lipinski definition) is 1. The van der Waals surface area contributed by atoms with E-state index in [0.29, 0.717) is 0 Å². The second kappa shape index (κ2) is 5.81. The summed E-state index contributed by atoms with van der Waals surface area (Å²) in [5.41, 5.74) is 3.44. The summed E-state index contributed by atoms with van der Waals surface area (Å²) in [4.78, 5) is 11.0. The van der Waals surface area contributed by atoms with Crippen molar-refractivity contribution in [2.75, 3.05) is 0 Å². The van der Waals surface area contributed by atoms with Crippen molar-refractivity contribution in [2.45, 2.75) is 39.5 Å². The van der Waals surface area contributed by atoms with Gasteiger partial charge in [0.1, 0.15) is 6.29 Å². The minimum Gasteiger partial charge on any atom is -0.298 e. The van der Waals surface area contributed by atoms with Crippen LogP contribution in [0.3, 0.4) is 0 Å². The molecule has 0 heterocycles. The molecule has 0 N–H and O–H groups in total. The van der Waals surface area contributed by atoms with Gasteiger partial charge in [-0.1, -0.05) is 44.9 Å². The molecule has 0 atom stereocenters. The first-order chi connectivity index (χ1) is 8.78. The van der Waals surface area contributed by atoms with Gasteiger partial charge in [-0.25, -0.2) is 0 Å². The maximum absolute atomic E-state index is 11.0.